The molecule has 0 aliphatic rings. The number of halogens is 1. The fraction of sp³-hybridized carbons (Fsp3) is 0.267. The lowest BCUT2D eigenvalue weighted by atomic mass is 10.2. The Morgan fingerprint density at radius 3 is 2.50 bits per heavy atom. The van der Waals surface area contributed by atoms with Crippen LogP contribution in [0.25, 0.3) is 17.0 Å². The second-order valence-electron chi connectivity index (χ2n) is 4.71. The number of carbonyl (C=O) groups excluding carboxylic acids is 1. The van der Waals surface area contributed by atoms with Gasteiger partial charge in [0.25, 0.3) is 0 Å². The number of aryl methyl sites for hydroxylation is 2. The van der Waals surface area contributed by atoms with Crippen LogP contribution in [0.3, 0.4) is 0 Å². The molecular weight excluding hydrogens is 302 g/mol. The third-order valence-electron chi connectivity index (χ3n) is 3.21. The molecule has 7 heteroatoms. The summed E-state index contributed by atoms with van der Waals surface area (Å²) in [6, 6.07) is 9.99. The van der Waals surface area contributed by atoms with Crippen LogP contribution < -0.4 is 5.32 Å². The summed E-state index contributed by atoms with van der Waals surface area (Å²) in [5, 5.41) is 9.92. The molecule has 0 saturated heterocycles. The molecule has 2 aromatic heterocycles. The van der Waals surface area contributed by atoms with Crippen molar-refractivity contribution in [3.63, 3.8) is 0 Å². The lowest BCUT2D eigenvalue weighted by Crippen LogP contribution is -2.18. The third-order valence-corrected chi connectivity index (χ3v) is 3.45. The molecule has 1 aromatic carbocycles. The molecule has 1 amide bonds. The van der Waals surface area contributed by atoms with Gasteiger partial charge in [-0.2, -0.15) is 4.63 Å². The molecule has 0 aliphatic heterocycles. The van der Waals surface area contributed by atoms with Gasteiger partial charge in [-0.1, -0.05) is 30.3 Å². The van der Waals surface area contributed by atoms with E-state index in [-0.39, 0.29) is 11.8 Å². The number of alkyl halides is 1. The largest absolute Gasteiger partial charge is 0.358 e. The molecule has 0 fully saturated rings. The quantitative estimate of drug-likeness (QED) is 0.712. The van der Waals surface area contributed by atoms with E-state index in [9.17, 15) is 4.79 Å². The van der Waals surface area contributed by atoms with E-state index in [2.05, 4.69) is 20.5 Å². The van der Waals surface area contributed by atoms with Gasteiger partial charge in [-0.05, 0) is 13.8 Å². The minimum absolute atomic E-state index is 0.0521. The highest BCUT2D eigenvalue weighted by atomic mass is 35.5. The molecule has 2 heterocycles. The van der Waals surface area contributed by atoms with Crippen molar-refractivity contribution in [2.24, 2.45) is 0 Å². The molecule has 0 radical (unpaired) electrons. The zero-order valence-corrected chi connectivity index (χ0v) is 13.5. The van der Waals surface area contributed by atoms with Crippen LogP contribution >= 0.6 is 11.6 Å². The molecule has 0 bridgehead atoms. The van der Waals surface area contributed by atoms with Crippen LogP contribution in [0, 0.1) is 13.8 Å². The molecule has 2 N–H and O–H groups in total. The molecule has 22 heavy (non-hydrogen) atoms. The summed E-state index contributed by atoms with van der Waals surface area (Å²) in [6.45, 7) is 4.07. The predicted molar refractivity (Wildman–Crippen MR) is 87.0 cm³/mol. The number of hydrogen-bond donors (Lipinski definition) is 2. The highest BCUT2D eigenvalue weighted by Crippen LogP contribution is 2.18. The Bertz CT molecular complexity index is 757. The molecule has 0 saturated carbocycles. The standard InChI is InChI=1S/C12H12N4.C3H6ClNO/c1-8-9(2)14-16-12(8)13-11(15-16)10-6-4-3-5-7-10;1-5-3(6)2-4/h3-7,14H,1-2H3;2H2,1H3,(H,5,6). The van der Waals surface area contributed by atoms with E-state index < -0.39 is 0 Å². The van der Waals surface area contributed by atoms with Crippen molar-refractivity contribution in [1.29, 1.82) is 0 Å². The first-order valence-electron chi connectivity index (χ1n) is 6.80. The van der Waals surface area contributed by atoms with Gasteiger partial charge in [0.15, 0.2) is 11.5 Å². The number of amides is 1. The summed E-state index contributed by atoms with van der Waals surface area (Å²) in [6.07, 6.45) is 0. The molecule has 3 aromatic rings. The topological polar surface area (TPSA) is 75.1 Å². The van der Waals surface area contributed by atoms with E-state index in [1.807, 2.05) is 44.2 Å². The molecule has 0 spiro atoms. The first kappa shape index (κ1) is 16.0. The van der Waals surface area contributed by atoms with Crippen molar-refractivity contribution >= 4 is 23.2 Å². The molecule has 3 rings (SSSR count). The van der Waals surface area contributed by atoms with Crippen molar-refractivity contribution in [2.45, 2.75) is 13.8 Å². The van der Waals surface area contributed by atoms with Crippen LogP contribution in [0.5, 0.6) is 0 Å². The van der Waals surface area contributed by atoms with E-state index in [1.165, 1.54) is 0 Å². The number of nitrogens with zero attached hydrogens (tertiary/aromatic N) is 3. The monoisotopic (exact) mass is 319 g/mol. The normalized spacial score (nSPS) is 10.2. The highest BCUT2D eigenvalue weighted by Gasteiger charge is 2.10. The zero-order valence-electron chi connectivity index (χ0n) is 12.7. The summed E-state index contributed by atoms with van der Waals surface area (Å²) in [5.41, 5.74) is 4.19. The second kappa shape index (κ2) is 7.09. The van der Waals surface area contributed by atoms with Crippen molar-refractivity contribution in [1.82, 2.24) is 25.1 Å². The Morgan fingerprint density at radius 2 is 2.00 bits per heavy atom. The molecule has 0 unspecified atom stereocenters. The molecule has 0 atom stereocenters. The first-order valence-corrected chi connectivity index (χ1v) is 7.34. The number of benzene rings is 1. The summed E-state index contributed by atoms with van der Waals surface area (Å²) < 4.78 is 1.73. The zero-order chi connectivity index (χ0) is 16.1. The maximum absolute atomic E-state index is 9.94. The smallest absolute Gasteiger partial charge is 0.234 e. The molecular formula is C15H18ClN5O. The van der Waals surface area contributed by atoms with Gasteiger partial charge < -0.3 is 5.32 Å². The van der Waals surface area contributed by atoms with E-state index in [1.54, 1.807) is 11.7 Å². The lowest BCUT2D eigenvalue weighted by Gasteiger charge is -1.92. The number of nitrogens with one attached hydrogen (secondary N) is 2. The van der Waals surface area contributed by atoms with Gasteiger partial charge >= 0.3 is 0 Å². The maximum Gasteiger partial charge on any atom is 0.234 e. The van der Waals surface area contributed by atoms with E-state index in [0.717, 1.165) is 28.3 Å². The van der Waals surface area contributed by atoms with Gasteiger partial charge in [0, 0.05) is 23.9 Å². The van der Waals surface area contributed by atoms with Crippen LogP contribution in [-0.4, -0.2) is 38.6 Å². The van der Waals surface area contributed by atoms with Gasteiger partial charge in [-0.3, -0.25) is 9.89 Å². The number of hydrogen-bond acceptors (Lipinski definition) is 3. The fourth-order valence-electron chi connectivity index (χ4n) is 1.82. The van der Waals surface area contributed by atoms with Gasteiger partial charge in [0.1, 0.15) is 5.88 Å². The van der Waals surface area contributed by atoms with E-state index in [0.29, 0.717) is 0 Å². The number of rotatable bonds is 2. The van der Waals surface area contributed by atoms with Crippen molar-refractivity contribution < 1.29 is 4.79 Å². The Kier molecular flexibility index (Phi) is 5.16. The van der Waals surface area contributed by atoms with Crippen molar-refractivity contribution in [3.8, 4) is 11.4 Å². The predicted octanol–water partition coefficient (Wildman–Crippen LogP) is 2.31. The maximum atomic E-state index is 9.94. The number of aromatic amines is 1. The Balaban J connectivity index is 0.000000254. The summed E-state index contributed by atoms with van der Waals surface area (Å²) in [7, 11) is 1.55. The van der Waals surface area contributed by atoms with Gasteiger partial charge in [0.05, 0.1) is 0 Å². The fourth-order valence-corrected chi connectivity index (χ4v) is 1.95. The highest BCUT2D eigenvalue weighted by molar-refractivity contribution is 6.27. The SMILES string of the molecule is CNC(=O)CCl.Cc1[nH]n2nc(-c3ccccc3)nc2c1C. The Morgan fingerprint density at radius 1 is 1.32 bits per heavy atom. The number of H-pyrrole nitrogens is 1. The first-order chi connectivity index (χ1) is 10.6. The average molecular weight is 320 g/mol. The lowest BCUT2D eigenvalue weighted by molar-refractivity contribution is -0.118. The van der Waals surface area contributed by atoms with Crippen LogP contribution in [0.1, 0.15) is 11.3 Å². The number of carbonyl (C=O) groups is 1. The minimum atomic E-state index is -0.142. The molecule has 0 aliphatic carbocycles. The second-order valence-corrected chi connectivity index (χ2v) is 4.97. The van der Waals surface area contributed by atoms with Gasteiger partial charge in [-0.25, -0.2) is 4.98 Å². The van der Waals surface area contributed by atoms with Crippen LogP contribution in [-0.2, 0) is 4.79 Å². The number of aromatic nitrogens is 4. The van der Waals surface area contributed by atoms with E-state index >= 15 is 0 Å². The molecule has 116 valence electrons. The van der Waals surface area contributed by atoms with Gasteiger partial charge in [-0.15, -0.1) is 16.7 Å². The van der Waals surface area contributed by atoms with Crippen molar-refractivity contribution in [3.05, 3.63) is 41.6 Å². The van der Waals surface area contributed by atoms with Crippen LogP contribution in [0.4, 0.5) is 0 Å². The molecule has 6 nitrogen and oxygen atoms in total. The van der Waals surface area contributed by atoms with Crippen LogP contribution in [0.15, 0.2) is 30.3 Å². The summed E-state index contributed by atoms with van der Waals surface area (Å²) in [5.74, 6) is 0.669. The summed E-state index contributed by atoms with van der Waals surface area (Å²) >= 11 is 5.04. The summed E-state index contributed by atoms with van der Waals surface area (Å²) in [4.78, 5) is 14.5. The Hall–Kier alpha value is -2.34. The number of fused-ring (bicyclic) bond motifs is 1. The Labute approximate surface area is 133 Å². The van der Waals surface area contributed by atoms with E-state index in [4.69, 9.17) is 11.6 Å². The van der Waals surface area contributed by atoms with Gasteiger partial charge in [0.2, 0.25) is 5.91 Å². The third kappa shape index (κ3) is 3.46. The minimum Gasteiger partial charge on any atom is -0.358 e. The average Bonchev–Trinajstić information content (AvgIpc) is 3.08. The van der Waals surface area contributed by atoms with Crippen LogP contribution in [0.2, 0.25) is 0 Å². The van der Waals surface area contributed by atoms with Crippen molar-refractivity contribution in [2.75, 3.05) is 12.9 Å².